The summed E-state index contributed by atoms with van der Waals surface area (Å²) in [5.74, 6) is -0.554. The number of amides is 1. The van der Waals surface area contributed by atoms with E-state index in [0.29, 0.717) is 10.8 Å². The SMILES string of the molecule is O=C(c1ccc2ccccc2n1)N(O)c1ccccc1. The third kappa shape index (κ3) is 2.24. The highest BCUT2D eigenvalue weighted by Gasteiger charge is 2.16. The van der Waals surface area contributed by atoms with Crippen molar-refractivity contribution in [1.29, 1.82) is 0 Å². The minimum Gasteiger partial charge on any atom is -0.281 e. The third-order valence-electron chi connectivity index (χ3n) is 3.01. The molecular weight excluding hydrogens is 252 g/mol. The van der Waals surface area contributed by atoms with Crippen molar-refractivity contribution in [2.24, 2.45) is 0 Å². The van der Waals surface area contributed by atoms with E-state index in [-0.39, 0.29) is 5.69 Å². The zero-order valence-electron chi connectivity index (χ0n) is 10.6. The molecule has 20 heavy (non-hydrogen) atoms. The van der Waals surface area contributed by atoms with E-state index >= 15 is 0 Å². The Morgan fingerprint density at radius 3 is 2.40 bits per heavy atom. The van der Waals surface area contributed by atoms with Crippen molar-refractivity contribution in [1.82, 2.24) is 4.98 Å². The number of hydrogen-bond donors (Lipinski definition) is 1. The predicted octanol–water partition coefficient (Wildman–Crippen LogP) is 3.27. The minimum atomic E-state index is -0.554. The van der Waals surface area contributed by atoms with E-state index in [4.69, 9.17) is 0 Å². The monoisotopic (exact) mass is 264 g/mol. The number of anilines is 1. The molecule has 1 heterocycles. The number of nitrogens with zero attached hydrogens (tertiary/aromatic N) is 2. The summed E-state index contributed by atoms with van der Waals surface area (Å²) in [5.41, 5.74) is 1.34. The quantitative estimate of drug-likeness (QED) is 0.571. The molecule has 0 atom stereocenters. The Morgan fingerprint density at radius 1 is 0.900 bits per heavy atom. The van der Waals surface area contributed by atoms with Crippen molar-refractivity contribution in [2.45, 2.75) is 0 Å². The van der Waals surface area contributed by atoms with Crippen LogP contribution in [0.2, 0.25) is 0 Å². The molecule has 98 valence electrons. The van der Waals surface area contributed by atoms with Crippen LogP contribution in [-0.2, 0) is 0 Å². The first-order valence-electron chi connectivity index (χ1n) is 6.20. The lowest BCUT2D eigenvalue weighted by Crippen LogP contribution is -2.27. The van der Waals surface area contributed by atoms with Crippen LogP contribution < -0.4 is 5.06 Å². The van der Waals surface area contributed by atoms with Gasteiger partial charge in [-0.05, 0) is 24.3 Å². The molecule has 1 amide bonds. The standard InChI is InChI=1S/C16H12N2O2/c19-16(18(20)13-7-2-1-3-8-13)15-11-10-12-6-4-5-9-14(12)17-15/h1-11,20H. The molecule has 0 saturated heterocycles. The summed E-state index contributed by atoms with van der Waals surface area (Å²) in [6.45, 7) is 0. The minimum absolute atomic E-state index is 0.204. The second-order valence-corrected chi connectivity index (χ2v) is 4.34. The Bertz CT molecular complexity index is 757. The fraction of sp³-hybridized carbons (Fsp3) is 0. The topological polar surface area (TPSA) is 53.4 Å². The number of benzene rings is 2. The molecule has 0 aliphatic rings. The first-order valence-corrected chi connectivity index (χ1v) is 6.20. The molecule has 0 aliphatic carbocycles. The molecule has 3 aromatic rings. The van der Waals surface area contributed by atoms with Gasteiger partial charge >= 0.3 is 5.91 Å². The van der Waals surface area contributed by atoms with Gasteiger partial charge in [0, 0.05) is 5.39 Å². The van der Waals surface area contributed by atoms with Crippen molar-refractivity contribution in [3.63, 3.8) is 0 Å². The Kier molecular flexibility index (Phi) is 3.15. The van der Waals surface area contributed by atoms with Gasteiger partial charge in [-0.2, -0.15) is 5.06 Å². The number of hydroxylamine groups is 1. The van der Waals surface area contributed by atoms with Gasteiger partial charge in [0.2, 0.25) is 0 Å². The molecule has 2 aromatic carbocycles. The molecule has 4 nitrogen and oxygen atoms in total. The second-order valence-electron chi connectivity index (χ2n) is 4.34. The van der Waals surface area contributed by atoms with Gasteiger partial charge in [0.25, 0.3) is 0 Å². The maximum absolute atomic E-state index is 12.2. The Morgan fingerprint density at radius 2 is 1.60 bits per heavy atom. The van der Waals surface area contributed by atoms with Gasteiger partial charge in [0.1, 0.15) is 5.69 Å². The van der Waals surface area contributed by atoms with Crippen LogP contribution >= 0.6 is 0 Å². The summed E-state index contributed by atoms with van der Waals surface area (Å²) in [6.07, 6.45) is 0. The number of hydrogen-bond acceptors (Lipinski definition) is 3. The zero-order chi connectivity index (χ0) is 13.9. The molecule has 0 unspecified atom stereocenters. The molecule has 1 aromatic heterocycles. The Hall–Kier alpha value is -2.72. The fourth-order valence-electron chi connectivity index (χ4n) is 1.98. The summed E-state index contributed by atoms with van der Waals surface area (Å²) in [4.78, 5) is 16.5. The van der Waals surface area contributed by atoms with Crippen LogP contribution in [0.1, 0.15) is 10.5 Å². The van der Waals surface area contributed by atoms with Gasteiger partial charge in [0.05, 0.1) is 11.2 Å². The van der Waals surface area contributed by atoms with E-state index in [2.05, 4.69) is 4.98 Å². The van der Waals surface area contributed by atoms with Crippen LogP contribution in [-0.4, -0.2) is 16.1 Å². The largest absolute Gasteiger partial charge is 0.300 e. The number of fused-ring (bicyclic) bond motifs is 1. The first-order chi connectivity index (χ1) is 9.75. The molecule has 4 heteroatoms. The van der Waals surface area contributed by atoms with Crippen molar-refractivity contribution < 1.29 is 10.0 Å². The van der Waals surface area contributed by atoms with Crippen LogP contribution in [0.15, 0.2) is 66.7 Å². The average molecular weight is 264 g/mol. The molecular formula is C16H12N2O2. The molecule has 0 spiro atoms. The molecule has 3 rings (SSSR count). The molecule has 0 fully saturated rings. The van der Waals surface area contributed by atoms with E-state index < -0.39 is 5.91 Å². The van der Waals surface area contributed by atoms with Crippen molar-refractivity contribution in [3.05, 3.63) is 72.4 Å². The molecule has 0 bridgehead atoms. The predicted molar refractivity (Wildman–Crippen MR) is 76.8 cm³/mol. The van der Waals surface area contributed by atoms with E-state index in [1.165, 1.54) is 0 Å². The summed E-state index contributed by atoms with van der Waals surface area (Å²) in [6, 6.07) is 19.6. The highest BCUT2D eigenvalue weighted by Crippen LogP contribution is 2.16. The average Bonchev–Trinajstić information content (AvgIpc) is 2.54. The van der Waals surface area contributed by atoms with E-state index in [1.807, 2.05) is 36.4 Å². The van der Waals surface area contributed by atoms with Gasteiger partial charge in [-0.15, -0.1) is 0 Å². The lowest BCUT2D eigenvalue weighted by molar-refractivity contribution is 0.0850. The summed E-state index contributed by atoms with van der Waals surface area (Å²) in [7, 11) is 0. The number of aromatic nitrogens is 1. The number of para-hydroxylation sites is 2. The van der Waals surface area contributed by atoms with Crippen LogP contribution in [0.4, 0.5) is 5.69 Å². The normalized spacial score (nSPS) is 10.4. The molecule has 0 aliphatic heterocycles. The summed E-state index contributed by atoms with van der Waals surface area (Å²) >= 11 is 0. The Labute approximate surface area is 115 Å². The van der Waals surface area contributed by atoms with E-state index in [1.54, 1.807) is 30.3 Å². The zero-order valence-corrected chi connectivity index (χ0v) is 10.6. The van der Waals surface area contributed by atoms with Crippen LogP contribution in [0.25, 0.3) is 10.9 Å². The molecule has 0 radical (unpaired) electrons. The first kappa shape index (κ1) is 12.3. The van der Waals surface area contributed by atoms with Crippen molar-refractivity contribution in [2.75, 3.05) is 5.06 Å². The van der Waals surface area contributed by atoms with Crippen molar-refractivity contribution >= 4 is 22.5 Å². The summed E-state index contributed by atoms with van der Waals surface area (Å²) in [5, 5.41) is 11.5. The maximum Gasteiger partial charge on any atom is 0.300 e. The number of rotatable bonds is 2. The van der Waals surface area contributed by atoms with Crippen LogP contribution in [0, 0.1) is 0 Å². The third-order valence-corrected chi connectivity index (χ3v) is 3.01. The van der Waals surface area contributed by atoms with Gasteiger partial charge in [0.15, 0.2) is 0 Å². The number of pyridine rings is 1. The van der Waals surface area contributed by atoms with Crippen LogP contribution in [0.5, 0.6) is 0 Å². The number of carbonyl (C=O) groups excluding carboxylic acids is 1. The van der Waals surface area contributed by atoms with E-state index in [9.17, 15) is 10.0 Å². The molecule has 0 saturated carbocycles. The lowest BCUT2D eigenvalue weighted by atomic mass is 10.2. The van der Waals surface area contributed by atoms with Gasteiger partial charge in [-0.3, -0.25) is 10.0 Å². The highest BCUT2D eigenvalue weighted by molar-refractivity contribution is 6.04. The summed E-state index contributed by atoms with van der Waals surface area (Å²) < 4.78 is 0. The van der Waals surface area contributed by atoms with Gasteiger partial charge in [-0.1, -0.05) is 42.5 Å². The lowest BCUT2D eigenvalue weighted by Gasteiger charge is -2.14. The second kappa shape index (κ2) is 5.11. The molecule has 1 N–H and O–H groups in total. The highest BCUT2D eigenvalue weighted by atomic mass is 16.5. The maximum atomic E-state index is 12.2. The van der Waals surface area contributed by atoms with Gasteiger partial charge < -0.3 is 0 Å². The Balaban J connectivity index is 1.96. The fourth-order valence-corrected chi connectivity index (χ4v) is 1.98. The number of carbonyl (C=O) groups is 1. The van der Waals surface area contributed by atoms with E-state index in [0.717, 1.165) is 10.9 Å². The van der Waals surface area contributed by atoms with Gasteiger partial charge in [-0.25, -0.2) is 4.98 Å². The smallest absolute Gasteiger partial charge is 0.281 e. The van der Waals surface area contributed by atoms with Crippen LogP contribution in [0.3, 0.4) is 0 Å². The van der Waals surface area contributed by atoms with Crippen molar-refractivity contribution in [3.8, 4) is 0 Å².